The van der Waals surface area contributed by atoms with E-state index in [4.69, 9.17) is 4.74 Å². The molecular weight excluding hydrogens is 330 g/mol. The van der Waals surface area contributed by atoms with E-state index in [0.29, 0.717) is 23.3 Å². The van der Waals surface area contributed by atoms with Gasteiger partial charge in [-0.1, -0.05) is 30.3 Å². The van der Waals surface area contributed by atoms with E-state index in [9.17, 15) is 9.90 Å². The van der Waals surface area contributed by atoms with Crippen LogP contribution >= 0.6 is 0 Å². The number of aromatic amines is 1. The van der Waals surface area contributed by atoms with Gasteiger partial charge in [0.1, 0.15) is 6.10 Å². The summed E-state index contributed by atoms with van der Waals surface area (Å²) in [5.41, 5.74) is 2.82. The number of para-hydroxylation sites is 2. The summed E-state index contributed by atoms with van der Waals surface area (Å²) in [4.78, 5) is 21.1. The molecule has 2 aromatic heterocycles. The highest BCUT2D eigenvalue weighted by atomic mass is 16.5. The highest BCUT2D eigenvalue weighted by molar-refractivity contribution is 5.91. The summed E-state index contributed by atoms with van der Waals surface area (Å²) in [6.45, 7) is 2.30. The monoisotopic (exact) mass is 347 g/mol. The van der Waals surface area contributed by atoms with E-state index in [1.54, 1.807) is 18.2 Å². The molecule has 1 aliphatic rings. The minimum atomic E-state index is -1.14. The van der Waals surface area contributed by atoms with Crippen molar-refractivity contribution in [2.75, 3.05) is 6.61 Å². The molecule has 26 heavy (non-hydrogen) atoms. The van der Waals surface area contributed by atoms with Crippen LogP contribution in [-0.2, 0) is 4.74 Å². The number of hydrogen-bond acceptors (Lipinski definition) is 4. The molecule has 0 fully saturated rings. The lowest BCUT2D eigenvalue weighted by Crippen LogP contribution is -2.35. The van der Waals surface area contributed by atoms with Gasteiger partial charge in [-0.05, 0) is 25.1 Å². The molecule has 0 amide bonds. The first-order chi connectivity index (χ1) is 12.7. The average Bonchev–Trinajstić information content (AvgIpc) is 3.05. The number of benzene rings is 2. The van der Waals surface area contributed by atoms with Crippen LogP contribution in [0.5, 0.6) is 0 Å². The molecule has 6 nitrogen and oxygen atoms in total. The summed E-state index contributed by atoms with van der Waals surface area (Å²) in [6, 6.07) is 15.0. The number of aromatic nitrogens is 3. The maximum atomic E-state index is 13.1. The first-order valence-electron chi connectivity index (χ1n) is 8.62. The standard InChI is InChI=1S/C20H17N3O3/c1-2-26-17-15-11-7-3-5-9-13(11)21-16(15)18-22-14-10-6-4-8-12(14)19(24)23(18)20(17)25/h3-10,17,20-21,25H,2H2,1H3/t17-,20+/m1/s1. The van der Waals surface area contributed by atoms with Crippen molar-refractivity contribution in [2.45, 2.75) is 19.3 Å². The van der Waals surface area contributed by atoms with E-state index in [1.165, 1.54) is 4.57 Å². The number of aliphatic hydroxyl groups is 1. The Morgan fingerprint density at radius 1 is 1.15 bits per heavy atom. The second-order valence-corrected chi connectivity index (χ2v) is 6.38. The van der Waals surface area contributed by atoms with Crippen LogP contribution in [0.15, 0.2) is 53.3 Å². The van der Waals surface area contributed by atoms with Gasteiger partial charge in [-0.15, -0.1) is 0 Å². The predicted molar refractivity (Wildman–Crippen MR) is 98.9 cm³/mol. The summed E-state index contributed by atoms with van der Waals surface area (Å²) in [5, 5.41) is 12.4. The second-order valence-electron chi connectivity index (χ2n) is 6.38. The summed E-state index contributed by atoms with van der Waals surface area (Å²) in [6.07, 6.45) is -1.78. The number of nitrogens with one attached hydrogen (secondary N) is 1. The number of H-pyrrole nitrogens is 1. The van der Waals surface area contributed by atoms with Gasteiger partial charge in [0.25, 0.3) is 5.56 Å². The molecule has 0 radical (unpaired) electrons. The summed E-state index contributed by atoms with van der Waals surface area (Å²) in [7, 11) is 0. The smallest absolute Gasteiger partial charge is 0.263 e. The van der Waals surface area contributed by atoms with Crippen LogP contribution in [0.3, 0.4) is 0 Å². The summed E-state index contributed by atoms with van der Waals surface area (Å²) < 4.78 is 7.19. The molecule has 0 aliphatic carbocycles. The topological polar surface area (TPSA) is 80.1 Å². The molecule has 2 N–H and O–H groups in total. The van der Waals surface area contributed by atoms with Gasteiger partial charge in [-0.25, -0.2) is 4.98 Å². The van der Waals surface area contributed by atoms with Gasteiger partial charge in [0.15, 0.2) is 12.1 Å². The van der Waals surface area contributed by atoms with Crippen LogP contribution in [0, 0.1) is 0 Å². The first kappa shape index (κ1) is 15.3. The minimum absolute atomic E-state index is 0.271. The Kier molecular flexibility index (Phi) is 3.25. The number of aliphatic hydroxyl groups excluding tert-OH is 1. The molecule has 2 atom stereocenters. The molecule has 0 saturated carbocycles. The van der Waals surface area contributed by atoms with Crippen LogP contribution in [0.25, 0.3) is 33.3 Å². The molecule has 130 valence electrons. The molecular formula is C20H17N3O3. The fourth-order valence-corrected chi connectivity index (χ4v) is 3.84. The van der Waals surface area contributed by atoms with Gasteiger partial charge in [-0.2, -0.15) is 0 Å². The Bertz CT molecular complexity index is 1210. The van der Waals surface area contributed by atoms with E-state index in [2.05, 4.69) is 9.97 Å². The Hall–Kier alpha value is -2.96. The van der Waals surface area contributed by atoms with Crippen molar-refractivity contribution in [1.82, 2.24) is 14.5 Å². The van der Waals surface area contributed by atoms with E-state index in [1.807, 2.05) is 37.3 Å². The maximum absolute atomic E-state index is 13.1. The van der Waals surface area contributed by atoms with Crippen molar-refractivity contribution >= 4 is 21.8 Å². The third kappa shape index (κ3) is 1.94. The maximum Gasteiger partial charge on any atom is 0.263 e. The van der Waals surface area contributed by atoms with Crippen LogP contribution in [0.1, 0.15) is 24.8 Å². The van der Waals surface area contributed by atoms with Gasteiger partial charge in [0.05, 0.1) is 16.6 Å². The molecule has 2 aromatic carbocycles. The minimum Gasteiger partial charge on any atom is -0.370 e. The zero-order valence-electron chi connectivity index (χ0n) is 14.1. The van der Waals surface area contributed by atoms with Crippen molar-refractivity contribution in [2.24, 2.45) is 0 Å². The van der Waals surface area contributed by atoms with Gasteiger partial charge in [0.2, 0.25) is 0 Å². The Morgan fingerprint density at radius 3 is 2.69 bits per heavy atom. The number of ether oxygens (including phenoxy) is 1. The van der Waals surface area contributed by atoms with Crippen LogP contribution in [0.4, 0.5) is 0 Å². The largest absolute Gasteiger partial charge is 0.370 e. The number of rotatable bonds is 2. The lowest BCUT2D eigenvalue weighted by atomic mass is 9.99. The normalized spacial score (nSPS) is 18.8. The van der Waals surface area contributed by atoms with Crippen LogP contribution in [0.2, 0.25) is 0 Å². The van der Waals surface area contributed by atoms with Gasteiger partial charge in [-0.3, -0.25) is 9.36 Å². The zero-order valence-corrected chi connectivity index (χ0v) is 14.1. The molecule has 3 heterocycles. The van der Waals surface area contributed by atoms with Crippen molar-refractivity contribution in [3.8, 4) is 11.5 Å². The third-order valence-corrected chi connectivity index (χ3v) is 4.94. The van der Waals surface area contributed by atoms with E-state index in [0.717, 1.165) is 22.2 Å². The van der Waals surface area contributed by atoms with Crippen molar-refractivity contribution in [1.29, 1.82) is 0 Å². The molecule has 0 unspecified atom stereocenters. The fraction of sp³-hybridized carbons (Fsp3) is 0.200. The summed E-state index contributed by atoms with van der Waals surface area (Å²) in [5.74, 6) is 0.434. The van der Waals surface area contributed by atoms with E-state index < -0.39 is 12.3 Å². The van der Waals surface area contributed by atoms with Crippen molar-refractivity contribution in [3.05, 3.63) is 64.4 Å². The molecule has 5 rings (SSSR count). The lowest BCUT2D eigenvalue weighted by Gasteiger charge is -2.31. The molecule has 0 bridgehead atoms. The lowest BCUT2D eigenvalue weighted by molar-refractivity contribution is -0.0743. The molecule has 0 spiro atoms. The third-order valence-electron chi connectivity index (χ3n) is 4.94. The highest BCUT2D eigenvalue weighted by Crippen LogP contribution is 2.44. The Balaban J connectivity index is 1.93. The zero-order chi connectivity index (χ0) is 17.8. The fourth-order valence-electron chi connectivity index (χ4n) is 3.84. The van der Waals surface area contributed by atoms with Crippen LogP contribution < -0.4 is 5.56 Å². The van der Waals surface area contributed by atoms with Crippen LogP contribution in [-0.4, -0.2) is 26.2 Å². The molecule has 1 aliphatic heterocycles. The Labute approximate surface area is 148 Å². The SMILES string of the molecule is CCO[C@@H]1c2c([nH]c3ccccc23)-c2nc3ccccc3c(=O)n2[C@H]1O. The average molecular weight is 347 g/mol. The van der Waals surface area contributed by atoms with Gasteiger partial charge in [0, 0.05) is 23.1 Å². The van der Waals surface area contributed by atoms with Crippen molar-refractivity contribution in [3.63, 3.8) is 0 Å². The van der Waals surface area contributed by atoms with E-state index >= 15 is 0 Å². The number of hydrogen-bond donors (Lipinski definition) is 2. The molecule has 4 aromatic rings. The van der Waals surface area contributed by atoms with Crippen molar-refractivity contribution < 1.29 is 9.84 Å². The van der Waals surface area contributed by atoms with Gasteiger partial charge >= 0.3 is 0 Å². The second kappa shape index (κ2) is 5.52. The molecule has 6 heteroatoms. The highest BCUT2D eigenvalue weighted by Gasteiger charge is 2.37. The Morgan fingerprint density at radius 2 is 1.88 bits per heavy atom. The van der Waals surface area contributed by atoms with E-state index in [-0.39, 0.29) is 5.56 Å². The number of nitrogens with zero attached hydrogens (tertiary/aromatic N) is 2. The molecule has 0 saturated heterocycles. The number of fused-ring (bicyclic) bond motifs is 6. The first-order valence-corrected chi connectivity index (χ1v) is 8.62. The summed E-state index contributed by atoms with van der Waals surface area (Å²) >= 11 is 0. The predicted octanol–water partition coefficient (Wildman–Crippen LogP) is 3.13. The quantitative estimate of drug-likeness (QED) is 0.584. The van der Waals surface area contributed by atoms with Gasteiger partial charge < -0.3 is 14.8 Å².